The first-order chi connectivity index (χ1) is 3.00. The van der Waals surface area contributed by atoms with Gasteiger partial charge in [-0.2, -0.15) is 10.2 Å². The fraction of sp³-hybridized carbons (Fsp3) is 1.00. The van der Waals surface area contributed by atoms with Gasteiger partial charge in [-0.15, -0.1) is 24.8 Å². The highest BCUT2D eigenvalue weighted by molar-refractivity contribution is 5.85. The van der Waals surface area contributed by atoms with Crippen LogP contribution in [0.2, 0.25) is 0 Å². The molecule has 0 spiro atoms. The van der Waals surface area contributed by atoms with Crippen LogP contribution in [0, 0.1) is 0 Å². The van der Waals surface area contributed by atoms with E-state index in [1.165, 1.54) is 12.8 Å². The first-order valence-electron chi connectivity index (χ1n) is 2.33. The first-order valence-corrected chi connectivity index (χ1v) is 2.33. The maximum atomic E-state index is 3.80. The summed E-state index contributed by atoms with van der Waals surface area (Å²) in [5.74, 6) is 0. The molecule has 0 aromatic heterocycles. The van der Waals surface area contributed by atoms with Crippen LogP contribution in [0.25, 0.3) is 0 Å². The Morgan fingerprint density at radius 3 is 1.25 bits per heavy atom. The molecule has 1 aliphatic heterocycles. The van der Waals surface area contributed by atoms with Gasteiger partial charge in [0, 0.05) is 0 Å². The Morgan fingerprint density at radius 1 is 0.750 bits per heavy atom. The lowest BCUT2D eigenvalue weighted by molar-refractivity contribution is 0.650. The molecule has 0 saturated carbocycles. The Bertz CT molecular complexity index is 57.1. The van der Waals surface area contributed by atoms with Crippen LogP contribution in [0.1, 0.15) is 12.8 Å². The van der Waals surface area contributed by atoms with Gasteiger partial charge in [0.15, 0.2) is 0 Å². The quantitative estimate of drug-likeness (QED) is 0.514. The lowest BCUT2D eigenvalue weighted by Crippen LogP contribution is -1.89. The van der Waals surface area contributed by atoms with Crippen LogP contribution in [0.3, 0.4) is 0 Å². The maximum Gasteiger partial charge on any atom is 0.0599 e. The SMILES string of the molecule is C1CCN=NC1.Cl.Cl. The molecule has 2 nitrogen and oxygen atoms in total. The second-order valence-electron chi connectivity index (χ2n) is 1.44. The van der Waals surface area contributed by atoms with E-state index < -0.39 is 0 Å². The number of hydrogen-bond acceptors (Lipinski definition) is 2. The second-order valence-corrected chi connectivity index (χ2v) is 1.44. The van der Waals surface area contributed by atoms with E-state index in [1.807, 2.05) is 0 Å². The van der Waals surface area contributed by atoms with Gasteiger partial charge in [-0.25, -0.2) is 0 Å². The molecule has 0 bridgehead atoms. The third-order valence-electron chi connectivity index (χ3n) is 0.866. The third kappa shape index (κ3) is 4.34. The van der Waals surface area contributed by atoms with Crippen molar-refractivity contribution >= 4 is 24.8 Å². The van der Waals surface area contributed by atoms with Crippen molar-refractivity contribution in [3.8, 4) is 0 Å². The average Bonchev–Trinajstić information content (AvgIpc) is 1.72. The van der Waals surface area contributed by atoms with Crippen LogP contribution >= 0.6 is 24.8 Å². The summed E-state index contributed by atoms with van der Waals surface area (Å²) in [5.41, 5.74) is 0. The zero-order valence-electron chi connectivity index (χ0n) is 4.54. The van der Waals surface area contributed by atoms with Crippen molar-refractivity contribution in [2.24, 2.45) is 10.2 Å². The molecule has 0 saturated heterocycles. The van der Waals surface area contributed by atoms with Crippen molar-refractivity contribution < 1.29 is 0 Å². The minimum Gasteiger partial charge on any atom is -0.194 e. The Balaban J connectivity index is 0. The van der Waals surface area contributed by atoms with Crippen molar-refractivity contribution in [3.05, 3.63) is 0 Å². The number of halogens is 2. The van der Waals surface area contributed by atoms with Gasteiger partial charge in [0.25, 0.3) is 0 Å². The molecular weight excluding hydrogens is 147 g/mol. The first kappa shape index (κ1) is 11.0. The van der Waals surface area contributed by atoms with E-state index in [9.17, 15) is 0 Å². The van der Waals surface area contributed by atoms with Gasteiger partial charge in [-0.1, -0.05) is 0 Å². The molecule has 0 N–H and O–H groups in total. The van der Waals surface area contributed by atoms with E-state index in [1.54, 1.807) is 0 Å². The molecule has 0 amide bonds. The number of azo groups is 1. The highest BCUT2D eigenvalue weighted by Gasteiger charge is 1.89. The predicted molar refractivity (Wildman–Crippen MR) is 38.3 cm³/mol. The summed E-state index contributed by atoms with van der Waals surface area (Å²) in [7, 11) is 0. The van der Waals surface area contributed by atoms with Gasteiger partial charge in [0.2, 0.25) is 0 Å². The zero-order valence-corrected chi connectivity index (χ0v) is 6.17. The molecule has 1 heterocycles. The summed E-state index contributed by atoms with van der Waals surface area (Å²) < 4.78 is 0. The largest absolute Gasteiger partial charge is 0.194 e. The van der Waals surface area contributed by atoms with E-state index >= 15 is 0 Å². The summed E-state index contributed by atoms with van der Waals surface area (Å²) in [6.07, 6.45) is 2.48. The van der Waals surface area contributed by atoms with Gasteiger partial charge < -0.3 is 0 Å². The van der Waals surface area contributed by atoms with Crippen molar-refractivity contribution in [2.45, 2.75) is 12.8 Å². The smallest absolute Gasteiger partial charge is 0.0599 e. The third-order valence-corrected chi connectivity index (χ3v) is 0.866. The summed E-state index contributed by atoms with van der Waals surface area (Å²) >= 11 is 0. The van der Waals surface area contributed by atoms with Gasteiger partial charge in [-0.3, -0.25) is 0 Å². The molecule has 1 aliphatic rings. The van der Waals surface area contributed by atoms with E-state index in [-0.39, 0.29) is 24.8 Å². The van der Waals surface area contributed by atoms with Gasteiger partial charge in [0.05, 0.1) is 13.1 Å². The molecular formula is C4H10Cl2N2. The highest BCUT2D eigenvalue weighted by Crippen LogP contribution is 1.96. The Morgan fingerprint density at radius 2 is 1.12 bits per heavy atom. The van der Waals surface area contributed by atoms with E-state index in [0.29, 0.717) is 0 Å². The maximum absolute atomic E-state index is 3.80. The fourth-order valence-electron chi connectivity index (χ4n) is 0.506. The normalized spacial score (nSPS) is 16.0. The van der Waals surface area contributed by atoms with E-state index in [0.717, 1.165) is 13.1 Å². The fourth-order valence-corrected chi connectivity index (χ4v) is 0.506. The molecule has 0 aromatic rings. The predicted octanol–water partition coefficient (Wildman–Crippen LogP) is 2.08. The molecule has 0 aliphatic carbocycles. The lowest BCUT2D eigenvalue weighted by Gasteiger charge is -1.96. The zero-order chi connectivity index (χ0) is 4.24. The Kier molecular flexibility index (Phi) is 9.91. The van der Waals surface area contributed by atoms with Crippen molar-refractivity contribution in [2.75, 3.05) is 13.1 Å². The molecule has 0 aromatic carbocycles. The molecule has 8 heavy (non-hydrogen) atoms. The molecule has 0 fully saturated rings. The highest BCUT2D eigenvalue weighted by atomic mass is 35.5. The molecule has 50 valence electrons. The van der Waals surface area contributed by atoms with E-state index in [4.69, 9.17) is 0 Å². The topological polar surface area (TPSA) is 24.7 Å². The van der Waals surface area contributed by atoms with Crippen molar-refractivity contribution in [1.82, 2.24) is 0 Å². The summed E-state index contributed by atoms with van der Waals surface area (Å²) in [4.78, 5) is 0. The minimum atomic E-state index is 0. The second kappa shape index (κ2) is 7.18. The van der Waals surface area contributed by atoms with Crippen LogP contribution in [0.15, 0.2) is 10.2 Å². The van der Waals surface area contributed by atoms with Gasteiger partial charge in [-0.05, 0) is 12.8 Å². The van der Waals surface area contributed by atoms with Crippen LogP contribution in [0.4, 0.5) is 0 Å². The summed E-state index contributed by atoms with van der Waals surface area (Å²) in [6, 6.07) is 0. The minimum absolute atomic E-state index is 0. The van der Waals surface area contributed by atoms with Crippen LogP contribution < -0.4 is 0 Å². The van der Waals surface area contributed by atoms with Crippen LogP contribution in [-0.2, 0) is 0 Å². The van der Waals surface area contributed by atoms with Gasteiger partial charge >= 0.3 is 0 Å². The van der Waals surface area contributed by atoms with Crippen LogP contribution in [-0.4, -0.2) is 13.1 Å². The van der Waals surface area contributed by atoms with Gasteiger partial charge in [0.1, 0.15) is 0 Å². The number of nitrogens with zero attached hydrogens (tertiary/aromatic N) is 2. The Labute approximate surface area is 61.6 Å². The standard InChI is InChI=1S/C4H8N2.2ClH/c1-2-4-6-5-3-1;;/h1-4H2;2*1H. The average molecular weight is 157 g/mol. The monoisotopic (exact) mass is 156 g/mol. The molecule has 0 unspecified atom stereocenters. The van der Waals surface area contributed by atoms with E-state index in [2.05, 4.69) is 10.2 Å². The lowest BCUT2D eigenvalue weighted by atomic mass is 10.3. The number of rotatable bonds is 0. The molecule has 4 heteroatoms. The van der Waals surface area contributed by atoms with Crippen molar-refractivity contribution in [1.29, 1.82) is 0 Å². The summed E-state index contributed by atoms with van der Waals surface area (Å²) in [6.45, 7) is 1.92. The van der Waals surface area contributed by atoms with Crippen LogP contribution in [0.5, 0.6) is 0 Å². The summed E-state index contributed by atoms with van der Waals surface area (Å²) in [5, 5.41) is 7.60. The van der Waals surface area contributed by atoms with Crippen molar-refractivity contribution in [3.63, 3.8) is 0 Å². The molecule has 0 atom stereocenters. The molecule has 1 rings (SSSR count). The Hall–Kier alpha value is 0.180. The number of hydrogen-bond donors (Lipinski definition) is 0. The molecule has 0 radical (unpaired) electrons.